The lowest BCUT2D eigenvalue weighted by Crippen LogP contribution is -2.12. The van der Waals surface area contributed by atoms with Crippen molar-refractivity contribution in [2.45, 2.75) is 31.9 Å². The molecule has 1 saturated heterocycles. The van der Waals surface area contributed by atoms with Crippen LogP contribution in [0.15, 0.2) is 30.6 Å². The van der Waals surface area contributed by atoms with Gasteiger partial charge in [0.15, 0.2) is 5.82 Å². The first-order chi connectivity index (χ1) is 13.6. The fourth-order valence-corrected chi connectivity index (χ4v) is 3.05. The average Bonchev–Trinajstić information content (AvgIpc) is 3.33. The molecule has 0 saturated carbocycles. The van der Waals surface area contributed by atoms with Crippen molar-refractivity contribution < 1.29 is 13.5 Å². The molecule has 3 N–H and O–H groups in total. The zero-order valence-corrected chi connectivity index (χ0v) is 15.1. The Labute approximate surface area is 159 Å². The summed E-state index contributed by atoms with van der Waals surface area (Å²) in [5.41, 5.74) is 1.21. The molecule has 146 valence electrons. The maximum atomic E-state index is 13.9. The number of H-pyrrole nitrogens is 1. The normalized spacial score (nSPS) is 17.5. The van der Waals surface area contributed by atoms with E-state index in [0.29, 0.717) is 11.4 Å². The topological polar surface area (TPSA) is 101 Å². The summed E-state index contributed by atoms with van der Waals surface area (Å²) >= 11 is 0. The van der Waals surface area contributed by atoms with Crippen molar-refractivity contribution in [3.63, 3.8) is 0 Å². The van der Waals surface area contributed by atoms with Crippen molar-refractivity contribution in [1.82, 2.24) is 25.1 Å². The highest BCUT2D eigenvalue weighted by Crippen LogP contribution is 2.28. The lowest BCUT2D eigenvalue weighted by atomic mass is 10.1. The molecule has 0 spiro atoms. The van der Waals surface area contributed by atoms with Gasteiger partial charge in [-0.2, -0.15) is 10.1 Å². The summed E-state index contributed by atoms with van der Waals surface area (Å²) in [4.78, 5) is 12.4. The van der Waals surface area contributed by atoms with Gasteiger partial charge in [0.2, 0.25) is 11.9 Å². The predicted molar refractivity (Wildman–Crippen MR) is 98.0 cm³/mol. The molecule has 8 nitrogen and oxygen atoms in total. The van der Waals surface area contributed by atoms with E-state index in [2.05, 4.69) is 35.8 Å². The molecule has 4 rings (SSSR count). The lowest BCUT2D eigenvalue weighted by molar-refractivity contribution is 0.108. The highest BCUT2D eigenvalue weighted by molar-refractivity contribution is 5.49. The second-order valence-electron chi connectivity index (χ2n) is 6.50. The molecule has 0 aliphatic carbocycles. The molecule has 1 fully saturated rings. The maximum Gasteiger partial charge on any atom is 0.233 e. The number of ether oxygens (including phenoxy) is 1. The van der Waals surface area contributed by atoms with Gasteiger partial charge in [-0.25, -0.2) is 18.7 Å². The summed E-state index contributed by atoms with van der Waals surface area (Å²) in [7, 11) is 0. The molecule has 0 bridgehead atoms. The highest BCUT2D eigenvalue weighted by atomic mass is 19.1. The molecule has 28 heavy (non-hydrogen) atoms. The van der Waals surface area contributed by atoms with Gasteiger partial charge in [0.25, 0.3) is 0 Å². The van der Waals surface area contributed by atoms with Crippen LogP contribution in [0.3, 0.4) is 0 Å². The Morgan fingerprint density at radius 3 is 2.86 bits per heavy atom. The molecule has 2 unspecified atom stereocenters. The van der Waals surface area contributed by atoms with Crippen molar-refractivity contribution in [1.29, 1.82) is 0 Å². The van der Waals surface area contributed by atoms with E-state index in [1.54, 1.807) is 6.92 Å². The molecular weight excluding hydrogens is 368 g/mol. The van der Waals surface area contributed by atoms with Crippen molar-refractivity contribution in [2.75, 3.05) is 17.2 Å². The van der Waals surface area contributed by atoms with E-state index in [9.17, 15) is 8.78 Å². The van der Waals surface area contributed by atoms with E-state index in [1.165, 1.54) is 18.5 Å². The smallest absolute Gasteiger partial charge is 0.233 e. The largest absolute Gasteiger partial charge is 0.372 e. The summed E-state index contributed by atoms with van der Waals surface area (Å²) < 4.78 is 32.6. The first-order valence-corrected chi connectivity index (χ1v) is 8.93. The molecule has 3 aromatic rings. The van der Waals surface area contributed by atoms with Crippen LogP contribution < -0.4 is 10.6 Å². The fourth-order valence-electron chi connectivity index (χ4n) is 3.05. The molecule has 2 aromatic heterocycles. The van der Waals surface area contributed by atoms with E-state index in [-0.39, 0.29) is 18.0 Å². The van der Waals surface area contributed by atoms with Gasteiger partial charge in [-0.3, -0.25) is 5.10 Å². The van der Waals surface area contributed by atoms with Crippen LogP contribution in [0.5, 0.6) is 0 Å². The number of hydrogen-bond donors (Lipinski definition) is 3. The minimum atomic E-state index is -0.634. The third kappa shape index (κ3) is 4.06. The minimum absolute atomic E-state index is 0.0325. The minimum Gasteiger partial charge on any atom is -0.372 e. The van der Waals surface area contributed by atoms with Gasteiger partial charge < -0.3 is 15.4 Å². The van der Waals surface area contributed by atoms with Crippen LogP contribution in [-0.4, -0.2) is 31.8 Å². The van der Waals surface area contributed by atoms with Crippen molar-refractivity contribution in [2.24, 2.45) is 0 Å². The molecule has 2 atom stereocenters. The van der Waals surface area contributed by atoms with Crippen LogP contribution >= 0.6 is 0 Å². The Balaban J connectivity index is 1.44. The Morgan fingerprint density at radius 1 is 1.21 bits per heavy atom. The Hall–Kier alpha value is -3.14. The number of aromatic nitrogens is 5. The molecule has 0 radical (unpaired) electrons. The number of nitrogens with one attached hydrogen (secondary N) is 3. The predicted octanol–water partition coefficient (Wildman–Crippen LogP) is 3.64. The monoisotopic (exact) mass is 387 g/mol. The average molecular weight is 387 g/mol. The second-order valence-corrected chi connectivity index (χ2v) is 6.50. The van der Waals surface area contributed by atoms with Crippen LogP contribution in [0, 0.1) is 11.6 Å². The molecule has 1 aliphatic heterocycles. The van der Waals surface area contributed by atoms with Gasteiger partial charge in [0, 0.05) is 24.3 Å². The van der Waals surface area contributed by atoms with Crippen LogP contribution in [0.4, 0.5) is 26.5 Å². The third-order valence-electron chi connectivity index (χ3n) is 4.46. The number of aromatic amines is 1. The summed E-state index contributed by atoms with van der Waals surface area (Å²) in [5, 5.41) is 13.1. The van der Waals surface area contributed by atoms with Gasteiger partial charge in [-0.15, -0.1) is 0 Å². The summed E-state index contributed by atoms with van der Waals surface area (Å²) in [6.07, 6.45) is 3.35. The number of rotatable bonds is 6. The maximum absolute atomic E-state index is 13.9. The number of anilines is 3. The van der Waals surface area contributed by atoms with E-state index in [1.807, 2.05) is 6.07 Å². The zero-order valence-electron chi connectivity index (χ0n) is 15.1. The van der Waals surface area contributed by atoms with E-state index < -0.39 is 17.7 Å². The first kappa shape index (κ1) is 18.2. The first-order valence-electron chi connectivity index (χ1n) is 8.93. The molecular formula is C18H19F2N7O. The van der Waals surface area contributed by atoms with Crippen LogP contribution in [0.1, 0.15) is 43.2 Å². The van der Waals surface area contributed by atoms with Gasteiger partial charge in [0.1, 0.15) is 18.0 Å². The summed E-state index contributed by atoms with van der Waals surface area (Å²) in [6.45, 7) is 2.48. The number of halogens is 2. The van der Waals surface area contributed by atoms with Gasteiger partial charge in [0.05, 0.1) is 17.8 Å². The zero-order chi connectivity index (χ0) is 19.5. The van der Waals surface area contributed by atoms with Crippen molar-refractivity contribution >= 4 is 17.7 Å². The van der Waals surface area contributed by atoms with E-state index >= 15 is 0 Å². The van der Waals surface area contributed by atoms with Crippen molar-refractivity contribution in [3.05, 3.63) is 53.5 Å². The van der Waals surface area contributed by atoms with Gasteiger partial charge in [-0.1, -0.05) is 6.07 Å². The van der Waals surface area contributed by atoms with Gasteiger partial charge >= 0.3 is 0 Å². The van der Waals surface area contributed by atoms with Crippen molar-refractivity contribution in [3.8, 4) is 0 Å². The fraction of sp³-hybridized carbons (Fsp3) is 0.333. The van der Waals surface area contributed by atoms with E-state index in [0.717, 1.165) is 31.2 Å². The molecule has 3 heterocycles. The third-order valence-corrected chi connectivity index (χ3v) is 4.46. The number of hydrogen-bond acceptors (Lipinski definition) is 7. The van der Waals surface area contributed by atoms with Crippen LogP contribution in [0.25, 0.3) is 0 Å². The van der Waals surface area contributed by atoms with Gasteiger partial charge in [-0.05, 0) is 25.8 Å². The molecule has 10 heteroatoms. The Kier molecular flexibility index (Phi) is 5.11. The highest BCUT2D eigenvalue weighted by Gasteiger charge is 2.20. The standard InChI is InChI=1S/C18H19F2N7O/c1-10(12-5-4-11(19)7-13(12)20)23-17-21-9-22-18(25-17)24-16-8-14(26-27-16)15-3-2-6-28-15/h4-5,7-10,15H,2-3,6H2,1H3,(H3,21,22,23,24,25,26,27). The van der Waals surface area contributed by atoms with Crippen LogP contribution in [0.2, 0.25) is 0 Å². The Morgan fingerprint density at radius 2 is 2.07 bits per heavy atom. The van der Waals surface area contributed by atoms with Crippen LogP contribution in [-0.2, 0) is 4.74 Å². The summed E-state index contributed by atoms with van der Waals surface area (Å²) in [5.74, 6) is -0.161. The SMILES string of the molecule is CC(Nc1ncnc(Nc2cc(C3CCCO3)[nH]n2)n1)c1ccc(F)cc1F. The molecule has 1 aromatic carbocycles. The Bertz CT molecular complexity index is 959. The lowest BCUT2D eigenvalue weighted by Gasteiger charge is -2.15. The molecule has 0 amide bonds. The number of nitrogens with zero attached hydrogens (tertiary/aromatic N) is 4. The quantitative estimate of drug-likeness (QED) is 0.594. The second kappa shape index (κ2) is 7.85. The summed E-state index contributed by atoms with van der Waals surface area (Å²) in [6, 6.07) is 4.83. The molecule has 1 aliphatic rings. The van der Waals surface area contributed by atoms with E-state index in [4.69, 9.17) is 4.74 Å². The number of benzene rings is 1.